The highest BCUT2D eigenvalue weighted by atomic mass is 16.2. The van der Waals surface area contributed by atoms with Gasteiger partial charge < -0.3 is 10.6 Å². The number of anilines is 2. The van der Waals surface area contributed by atoms with Gasteiger partial charge in [-0.05, 0) is 49.2 Å². The Balaban J connectivity index is 1.83. The summed E-state index contributed by atoms with van der Waals surface area (Å²) >= 11 is 0. The molecule has 2 N–H and O–H groups in total. The van der Waals surface area contributed by atoms with Gasteiger partial charge in [0.1, 0.15) is 5.82 Å². The molecule has 0 fully saturated rings. The number of pyridine rings is 1. The summed E-state index contributed by atoms with van der Waals surface area (Å²) < 4.78 is 0. The highest BCUT2D eigenvalue weighted by Crippen LogP contribution is 2.24. The smallest absolute Gasteiger partial charge is 0.256 e. The van der Waals surface area contributed by atoms with Crippen LogP contribution in [0.5, 0.6) is 0 Å². The average Bonchev–Trinajstić information content (AvgIpc) is 2.76. The van der Waals surface area contributed by atoms with Crippen LogP contribution in [0.25, 0.3) is 0 Å². The van der Waals surface area contributed by atoms with Crippen LogP contribution in [-0.2, 0) is 11.2 Å². The lowest BCUT2D eigenvalue weighted by Crippen LogP contribution is -2.13. The molecule has 0 bridgehead atoms. The van der Waals surface area contributed by atoms with Crippen molar-refractivity contribution in [2.75, 3.05) is 10.6 Å². The first-order chi connectivity index (χ1) is 10.0. The minimum Gasteiger partial charge on any atom is -0.326 e. The first-order valence-corrected chi connectivity index (χ1v) is 6.71. The quantitative estimate of drug-likeness (QED) is 0.888. The van der Waals surface area contributed by atoms with Gasteiger partial charge in [-0.25, -0.2) is 4.98 Å². The number of carbonyl (C=O) groups is 2. The van der Waals surface area contributed by atoms with E-state index in [9.17, 15) is 9.59 Å². The molecule has 5 heteroatoms. The van der Waals surface area contributed by atoms with Crippen molar-refractivity contribution in [1.82, 2.24) is 4.98 Å². The number of hydrogen-bond acceptors (Lipinski definition) is 3. The molecule has 0 saturated heterocycles. The lowest BCUT2D eigenvalue weighted by molar-refractivity contribution is -0.115. The number of aromatic nitrogens is 1. The summed E-state index contributed by atoms with van der Waals surface area (Å²) in [6, 6.07) is 8.98. The summed E-state index contributed by atoms with van der Waals surface area (Å²) in [6.45, 7) is 3.84. The number of nitrogens with one attached hydrogen (secondary N) is 2. The number of nitrogens with zero attached hydrogens (tertiary/aromatic N) is 1. The molecule has 5 nitrogen and oxygen atoms in total. The Bertz CT molecular complexity index is 733. The molecule has 21 heavy (non-hydrogen) atoms. The predicted molar refractivity (Wildman–Crippen MR) is 80.4 cm³/mol. The average molecular weight is 281 g/mol. The molecule has 1 aliphatic heterocycles. The van der Waals surface area contributed by atoms with Crippen LogP contribution >= 0.6 is 0 Å². The Labute approximate surface area is 122 Å². The first-order valence-electron chi connectivity index (χ1n) is 6.71. The Morgan fingerprint density at radius 1 is 1.24 bits per heavy atom. The zero-order valence-corrected chi connectivity index (χ0v) is 11.9. The highest BCUT2D eigenvalue weighted by Gasteiger charge is 2.19. The van der Waals surface area contributed by atoms with Crippen LogP contribution in [0.4, 0.5) is 11.5 Å². The Hall–Kier alpha value is -2.69. The molecule has 2 aromatic rings. The van der Waals surface area contributed by atoms with Crippen molar-refractivity contribution in [2.45, 2.75) is 20.3 Å². The van der Waals surface area contributed by atoms with Gasteiger partial charge in [0.2, 0.25) is 5.91 Å². The third-order valence-corrected chi connectivity index (χ3v) is 3.34. The van der Waals surface area contributed by atoms with Crippen molar-refractivity contribution in [3.63, 3.8) is 0 Å². The Kier molecular flexibility index (Phi) is 3.17. The van der Waals surface area contributed by atoms with Crippen molar-refractivity contribution < 1.29 is 9.59 Å². The normalized spacial score (nSPS) is 12.8. The van der Waals surface area contributed by atoms with Gasteiger partial charge in [0.15, 0.2) is 0 Å². The van der Waals surface area contributed by atoms with Gasteiger partial charge in [0.05, 0.1) is 6.42 Å². The number of benzene rings is 1. The van der Waals surface area contributed by atoms with Gasteiger partial charge in [0.25, 0.3) is 5.91 Å². The van der Waals surface area contributed by atoms with Crippen LogP contribution in [0.2, 0.25) is 0 Å². The van der Waals surface area contributed by atoms with Crippen molar-refractivity contribution in [1.29, 1.82) is 0 Å². The molecule has 2 amide bonds. The third-order valence-electron chi connectivity index (χ3n) is 3.34. The lowest BCUT2D eigenvalue weighted by atomic mass is 10.1. The molecule has 1 aromatic carbocycles. The molecule has 1 aliphatic rings. The second-order valence-corrected chi connectivity index (χ2v) is 5.22. The largest absolute Gasteiger partial charge is 0.326 e. The molecular formula is C16H15N3O2. The van der Waals surface area contributed by atoms with E-state index < -0.39 is 0 Å². The van der Waals surface area contributed by atoms with Crippen LogP contribution < -0.4 is 10.6 Å². The fraction of sp³-hybridized carbons (Fsp3) is 0.188. The molecule has 2 heterocycles. The second-order valence-electron chi connectivity index (χ2n) is 5.22. The maximum atomic E-state index is 12.3. The summed E-state index contributed by atoms with van der Waals surface area (Å²) in [5.41, 5.74) is 4.02. The van der Waals surface area contributed by atoms with Gasteiger partial charge >= 0.3 is 0 Å². The second kappa shape index (κ2) is 5.01. The van der Waals surface area contributed by atoms with Crippen LogP contribution in [0.15, 0.2) is 30.3 Å². The van der Waals surface area contributed by atoms with Crippen LogP contribution in [0.1, 0.15) is 27.2 Å². The zero-order chi connectivity index (χ0) is 15.0. The number of rotatable bonds is 2. The number of aryl methyl sites for hydroxylation is 2. The van der Waals surface area contributed by atoms with Gasteiger partial charge in [0, 0.05) is 16.9 Å². The van der Waals surface area contributed by atoms with E-state index >= 15 is 0 Å². The van der Waals surface area contributed by atoms with Gasteiger partial charge in [-0.2, -0.15) is 0 Å². The summed E-state index contributed by atoms with van der Waals surface area (Å²) in [4.78, 5) is 27.9. The van der Waals surface area contributed by atoms with E-state index in [0.717, 1.165) is 16.8 Å². The van der Waals surface area contributed by atoms with Crippen molar-refractivity contribution in [2.24, 2.45) is 0 Å². The maximum Gasteiger partial charge on any atom is 0.256 e. The minimum atomic E-state index is -0.239. The first kappa shape index (κ1) is 13.3. The van der Waals surface area contributed by atoms with Crippen LogP contribution in [0, 0.1) is 13.8 Å². The van der Waals surface area contributed by atoms with E-state index in [1.165, 1.54) is 0 Å². The predicted octanol–water partition coefficient (Wildman–Crippen LogP) is 2.45. The fourth-order valence-electron chi connectivity index (χ4n) is 2.45. The number of hydrogen-bond donors (Lipinski definition) is 2. The fourth-order valence-corrected chi connectivity index (χ4v) is 2.45. The van der Waals surface area contributed by atoms with E-state index in [0.29, 0.717) is 23.5 Å². The summed E-state index contributed by atoms with van der Waals surface area (Å²) in [6.07, 6.45) is 0.371. The molecule has 0 spiro atoms. The van der Waals surface area contributed by atoms with Gasteiger partial charge in [-0.15, -0.1) is 0 Å². The summed E-state index contributed by atoms with van der Waals surface area (Å²) in [5.74, 6) is 0.247. The summed E-state index contributed by atoms with van der Waals surface area (Å²) in [5, 5.41) is 5.52. The van der Waals surface area contributed by atoms with Crippen LogP contribution in [0.3, 0.4) is 0 Å². The molecule has 0 atom stereocenters. The van der Waals surface area contributed by atoms with E-state index in [4.69, 9.17) is 0 Å². The number of fused-ring (bicyclic) bond motifs is 1. The molecule has 0 aliphatic carbocycles. The topological polar surface area (TPSA) is 71.1 Å². The molecule has 0 radical (unpaired) electrons. The SMILES string of the molecule is Cc1cc(C)nc(NC(=O)c2ccc3c(c2)NC(=O)C3)c1. The lowest BCUT2D eigenvalue weighted by Gasteiger charge is -2.08. The molecule has 106 valence electrons. The zero-order valence-electron chi connectivity index (χ0n) is 11.9. The number of amides is 2. The van der Waals surface area contributed by atoms with E-state index in [1.807, 2.05) is 26.0 Å². The Morgan fingerprint density at radius 2 is 2.05 bits per heavy atom. The van der Waals surface area contributed by atoms with Crippen molar-refractivity contribution >= 4 is 23.3 Å². The van der Waals surface area contributed by atoms with Crippen molar-refractivity contribution in [3.8, 4) is 0 Å². The van der Waals surface area contributed by atoms with E-state index in [-0.39, 0.29) is 11.8 Å². The Morgan fingerprint density at radius 3 is 2.81 bits per heavy atom. The third kappa shape index (κ3) is 2.76. The molecule has 0 unspecified atom stereocenters. The van der Waals surface area contributed by atoms with E-state index in [2.05, 4.69) is 15.6 Å². The minimum absolute atomic E-state index is 0.0430. The molecule has 3 rings (SSSR count). The summed E-state index contributed by atoms with van der Waals surface area (Å²) in [7, 11) is 0. The van der Waals surface area contributed by atoms with Crippen molar-refractivity contribution in [3.05, 3.63) is 52.7 Å². The van der Waals surface area contributed by atoms with E-state index in [1.54, 1.807) is 18.2 Å². The standard InChI is InChI=1S/C16H15N3O2/c1-9-5-10(2)17-14(6-9)19-16(21)12-4-3-11-8-15(20)18-13(11)7-12/h3-7H,8H2,1-2H3,(H,18,20)(H,17,19,21). The molecule has 1 aromatic heterocycles. The maximum absolute atomic E-state index is 12.3. The molecular weight excluding hydrogens is 266 g/mol. The monoisotopic (exact) mass is 281 g/mol. The number of carbonyl (C=O) groups excluding carboxylic acids is 2. The molecule has 0 saturated carbocycles. The van der Waals surface area contributed by atoms with Crippen LogP contribution in [-0.4, -0.2) is 16.8 Å². The highest BCUT2D eigenvalue weighted by molar-refractivity contribution is 6.06. The van der Waals surface area contributed by atoms with Gasteiger partial charge in [-0.1, -0.05) is 6.07 Å². The van der Waals surface area contributed by atoms with Gasteiger partial charge in [-0.3, -0.25) is 9.59 Å².